The number of aryl methyl sites for hydroxylation is 1. The van der Waals surface area contributed by atoms with Crippen molar-refractivity contribution in [2.75, 3.05) is 31.6 Å². The number of amides is 1. The van der Waals surface area contributed by atoms with Crippen LogP contribution in [-0.4, -0.2) is 47.1 Å². The van der Waals surface area contributed by atoms with Crippen LogP contribution in [0.3, 0.4) is 0 Å². The van der Waals surface area contributed by atoms with Crippen LogP contribution in [0.25, 0.3) is 0 Å². The van der Waals surface area contributed by atoms with Gasteiger partial charge in [0.05, 0.1) is 13.2 Å². The van der Waals surface area contributed by atoms with Crippen molar-refractivity contribution in [1.82, 2.24) is 14.9 Å². The molecule has 126 valence electrons. The van der Waals surface area contributed by atoms with Crippen molar-refractivity contribution in [2.24, 2.45) is 0 Å². The molecule has 24 heavy (non-hydrogen) atoms. The Balaban J connectivity index is 1.71. The van der Waals surface area contributed by atoms with Gasteiger partial charge in [-0.1, -0.05) is 12.1 Å². The van der Waals surface area contributed by atoms with Gasteiger partial charge in [-0.25, -0.2) is 14.4 Å². The topological polar surface area (TPSA) is 67.4 Å². The minimum absolute atomic E-state index is 0.117. The highest BCUT2D eigenvalue weighted by Gasteiger charge is 2.20. The van der Waals surface area contributed by atoms with Crippen LogP contribution < -0.4 is 5.32 Å². The van der Waals surface area contributed by atoms with E-state index in [1.165, 1.54) is 12.1 Å². The lowest BCUT2D eigenvalue weighted by Crippen LogP contribution is -2.41. The van der Waals surface area contributed by atoms with Gasteiger partial charge >= 0.3 is 0 Å². The summed E-state index contributed by atoms with van der Waals surface area (Å²) in [6, 6.07) is 7.87. The molecule has 0 saturated carbocycles. The summed E-state index contributed by atoms with van der Waals surface area (Å²) in [7, 11) is 0. The van der Waals surface area contributed by atoms with Crippen molar-refractivity contribution >= 4 is 11.9 Å². The number of halogens is 1. The summed E-state index contributed by atoms with van der Waals surface area (Å²) in [4.78, 5) is 22.9. The van der Waals surface area contributed by atoms with Gasteiger partial charge in [0.15, 0.2) is 0 Å². The van der Waals surface area contributed by atoms with Gasteiger partial charge in [-0.2, -0.15) is 0 Å². The maximum Gasteiger partial charge on any atom is 0.272 e. The molecular formula is C17H19FN4O2. The van der Waals surface area contributed by atoms with E-state index in [0.717, 1.165) is 5.56 Å². The first-order chi connectivity index (χ1) is 11.6. The third kappa shape index (κ3) is 4.05. The number of morpholine rings is 1. The van der Waals surface area contributed by atoms with Gasteiger partial charge in [0.25, 0.3) is 5.91 Å². The Kier molecular flexibility index (Phi) is 5.00. The lowest BCUT2D eigenvalue weighted by atomic mass is 10.2. The number of carbonyl (C=O) groups excluding carboxylic acids is 1. The smallest absolute Gasteiger partial charge is 0.272 e. The van der Waals surface area contributed by atoms with Crippen molar-refractivity contribution in [3.05, 3.63) is 53.1 Å². The largest absolute Gasteiger partial charge is 0.378 e. The number of nitrogens with zero attached hydrogens (tertiary/aromatic N) is 3. The number of ether oxygens (including phenoxy) is 1. The van der Waals surface area contributed by atoms with Crippen LogP contribution in [0.2, 0.25) is 0 Å². The SMILES string of the molecule is Cc1cc(C(=O)N2CCOCC2)nc(NCc2ccc(F)cc2)n1. The number of carbonyl (C=O) groups is 1. The Morgan fingerprint density at radius 1 is 1.25 bits per heavy atom. The first-order valence-electron chi connectivity index (χ1n) is 7.83. The fourth-order valence-electron chi connectivity index (χ4n) is 2.47. The molecule has 0 radical (unpaired) electrons. The van der Waals surface area contributed by atoms with Gasteiger partial charge in [0.2, 0.25) is 5.95 Å². The summed E-state index contributed by atoms with van der Waals surface area (Å²) in [6.45, 7) is 4.51. The van der Waals surface area contributed by atoms with Gasteiger partial charge in [-0.05, 0) is 30.7 Å². The summed E-state index contributed by atoms with van der Waals surface area (Å²) in [5, 5.41) is 3.08. The molecular weight excluding hydrogens is 311 g/mol. The van der Waals surface area contributed by atoms with Crippen LogP contribution in [0.4, 0.5) is 10.3 Å². The molecule has 0 unspecified atom stereocenters. The van der Waals surface area contributed by atoms with Crippen molar-refractivity contribution in [1.29, 1.82) is 0 Å². The fraction of sp³-hybridized carbons (Fsp3) is 0.353. The van der Waals surface area contributed by atoms with Crippen molar-refractivity contribution < 1.29 is 13.9 Å². The molecule has 7 heteroatoms. The average molecular weight is 330 g/mol. The predicted molar refractivity (Wildman–Crippen MR) is 87.2 cm³/mol. The zero-order chi connectivity index (χ0) is 16.9. The van der Waals surface area contributed by atoms with E-state index in [9.17, 15) is 9.18 Å². The molecule has 1 amide bonds. The maximum atomic E-state index is 12.9. The maximum absolute atomic E-state index is 12.9. The summed E-state index contributed by atoms with van der Waals surface area (Å²) >= 11 is 0. The zero-order valence-corrected chi connectivity index (χ0v) is 13.5. The molecule has 2 aromatic rings. The Hall–Kier alpha value is -2.54. The summed E-state index contributed by atoms with van der Waals surface area (Å²) < 4.78 is 18.2. The third-order valence-electron chi connectivity index (χ3n) is 3.74. The van der Waals surface area contributed by atoms with E-state index in [2.05, 4.69) is 15.3 Å². The Morgan fingerprint density at radius 2 is 1.96 bits per heavy atom. The normalized spacial score (nSPS) is 14.5. The molecule has 0 spiro atoms. The standard InChI is InChI=1S/C17H19FN4O2/c1-12-10-15(16(23)22-6-8-24-9-7-22)21-17(20-12)19-11-13-2-4-14(18)5-3-13/h2-5,10H,6-9,11H2,1H3,(H,19,20,21). The lowest BCUT2D eigenvalue weighted by Gasteiger charge is -2.26. The number of nitrogens with one attached hydrogen (secondary N) is 1. The molecule has 0 atom stereocenters. The Labute approximate surface area is 139 Å². The summed E-state index contributed by atoms with van der Waals surface area (Å²) in [6.07, 6.45) is 0. The van der Waals surface area contributed by atoms with Gasteiger partial charge in [0.1, 0.15) is 11.5 Å². The molecule has 3 rings (SSSR count). The van der Waals surface area contributed by atoms with E-state index in [1.54, 1.807) is 23.1 Å². The Morgan fingerprint density at radius 3 is 2.67 bits per heavy atom. The number of hydrogen-bond acceptors (Lipinski definition) is 5. The number of hydrogen-bond donors (Lipinski definition) is 1. The van der Waals surface area contributed by atoms with Crippen LogP contribution in [0, 0.1) is 12.7 Å². The fourth-order valence-corrected chi connectivity index (χ4v) is 2.47. The van der Waals surface area contributed by atoms with Gasteiger partial charge in [0, 0.05) is 25.3 Å². The minimum atomic E-state index is -0.274. The van der Waals surface area contributed by atoms with E-state index < -0.39 is 0 Å². The second kappa shape index (κ2) is 7.35. The van der Waals surface area contributed by atoms with Crippen LogP contribution >= 0.6 is 0 Å². The lowest BCUT2D eigenvalue weighted by molar-refractivity contribution is 0.0299. The monoisotopic (exact) mass is 330 g/mol. The highest BCUT2D eigenvalue weighted by molar-refractivity contribution is 5.92. The zero-order valence-electron chi connectivity index (χ0n) is 13.5. The molecule has 1 N–H and O–H groups in total. The first-order valence-corrected chi connectivity index (χ1v) is 7.83. The first kappa shape index (κ1) is 16.3. The number of anilines is 1. The highest BCUT2D eigenvalue weighted by atomic mass is 19.1. The van der Waals surface area contributed by atoms with E-state index in [4.69, 9.17) is 4.74 Å². The van der Waals surface area contributed by atoms with Crippen molar-refractivity contribution in [2.45, 2.75) is 13.5 Å². The highest BCUT2D eigenvalue weighted by Crippen LogP contribution is 2.11. The van der Waals surface area contributed by atoms with E-state index in [1.807, 2.05) is 6.92 Å². The number of aromatic nitrogens is 2. The summed E-state index contributed by atoms with van der Waals surface area (Å²) in [5.74, 6) is -0.00600. The quantitative estimate of drug-likeness (QED) is 0.929. The van der Waals surface area contributed by atoms with Crippen molar-refractivity contribution in [3.63, 3.8) is 0 Å². The molecule has 1 aliphatic heterocycles. The molecule has 2 heterocycles. The second-order valence-electron chi connectivity index (χ2n) is 5.60. The van der Waals surface area contributed by atoms with Crippen molar-refractivity contribution in [3.8, 4) is 0 Å². The number of benzene rings is 1. The molecule has 1 aromatic carbocycles. The van der Waals surface area contributed by atoms with E-state index in [-0.39, 0.29) is 11.7 Å². The van der Waals surface area contributed by atoms with Gasteiger partial charge in [-0.15, -0.1) is 0 Å². The number of rotatable bonds is 4. The van der Waals surface area contributed by atoms with Crippen LogP contribution in [0.5, 0.6) is 0 Å². The molecule has 1 aromatic heterocycles. The molecule has 6 nitrogen and oxygen atoms in total. The second-order valence-corrected chi connectivity index (χ2v) is 5.60. The average Bonchev–Trinajstić information content (AvgIpc) is 2.61. The molecule has 0 bridgehead atoms. The van der Waals surface area contributed by atoms with Crippen LogP contribution in [0.15, 0.2) is 30.3 Å². The van der Waals surface area contributed by atoms with Crippen LogP contribution in [0.1, 0.15) is 21.7 Å². The third-order valence-corrected chi connectivity index (χ3v) is 3.74. The molecule has 1 saturated heterocycles. The molecule has 0 aliphatic carbocycles. The molecule has 1 fully saturated rings. The molecule has 1 aliphatic rings. The summed E-state index contributed by atoms with van der Waals surface area (Å²) in [5.41, 5.74) is 1.98. The van der Waals surface area contributed by atoms with E-state index >= 15 is 0 Å². The minimum Gasteiger partial charge on any atom is -0.378 e. The van der Waals surface area contributed by atoms with Gasteiger partial charge in [-0.3, -0.25) is 4.79 Å². The predicted octanol–water partition coefficient (Wildman–Crippen LogP) is 2.01. The van der Waals surface area contributed by atoms with Crippen LogP contribution in [-0.2, 0) is 11.3 Å². The Bertz CT molecular complexity index is 715. The van der Waals surface area contributed by atoms with E-state index in [0.29, 0.717) is 50.2 Å². The van der Waals surface area contributed by atoms with Gasteiger partial charge < -0.3 is 15.0 Å².